The molecule has 4 aromatic rings. The van der Waals surface area contributed by atoms with Crippen molar-refractivity contribution in [1.29, 1.82) is 5.41 Å². The molecule has 0 bridgehead atoms. The minimum absolute atomic E-state index is 0.0173. The third-order valence-corrected chi connectivity index (χ3v) is 8.70. The number of nitrogens with one attached hydrogen (secondary N) is 1. The van der Waals surface area contributed by atoms with Crippen molar-refractivity contribution in [1.82, 2.24) is 0 Å². The Balaban J connectivity index is 1.43. The van der Waals surface area contributed by atoms with Crippen molar-refractivity contribution in [2.45, 2.75) is 23.1 Å². The van der Waals surface area contributed by atoms with E-state index in [0.717, 1.165) is 10.9 Å². The molecule has 192 valence electrons. The molecule has 0 fully saturated rings. The minimum atomic E-state index is -4.17. The van der Waals surface area contributed by atoms with Crippen LogP contribution in [0.5, 0.6) is 5.75 Å². The summed E-state index contributed by atoms with van der Waals surface area (Å²) in [4.78, 5) is 0.0985. The zero-order valence-electron chi connectivity index (χ0n) is 20.0. The van der Waals surface area contributed by atoms with Crippen LogP contribution in [0, 0.1) is 12.3 Å². The van der Waals surface area contributed by atoms with E-state index < -0.39 is 25.0 Å². The van der Waals surface area contributed by atoms with Gasteiger partial charge in [0.15, 0.2) is 5.04 Å². The molecule has 0 saturated carbocycles. The SMILES string of the molecule is Cc1ccc(S(=O)(=O)OCCCOc2ccc(N)c(C(=N)S(=O)(=O)c3cccc4ccccc34)c2)cc1. The van der Waals surface area contributed by atoms with Crippen molar-refractivity contribution in [3.63, 3.8) is 0 Å². The van der Waals surface area contributed by atoms with Gasteiger partial charge in [-0.1, -0.05) is 54.1 Å². The molecular formula is C27H26N2O6S2. The summed E-state index contributed by atoms with van der Waals surface area (Å²) in [6.45, 7) is 1.87. The van der Waals surface area contributed by atoms with E-state index >= 15 is 0 Å². The second-order valence-electron chi connectivity index (χ2n) is 8.35. The van der Waals surface area contributed by atoms with Gasteiger partial charge in [-0.25, -0.2) is 8.42 Å². The lowest BCUT2D eigenvalue weighted by molar-refractivity contribution is 0.250. The standard InChI is InChI=1S/C27H26N2O6S2/c1-19-10-13-22(14-11-19)37(32,33)35-17-5-16-34-21-12-15-25(28)24(18-21)27(29)36(30,31)26-9-4-7-20-6-2-3-8-23(20)26/h2-4,6-15,18,29H,5,16-17,28H2,1H3. The number of ether oxygens (including phenoxy) is 1. The topological polar surface area (TPSA) is 137 Å². The van der Waals surface area contributed by atoms with Crippen molar-refractivity contribution in [3.05, 3.63) is 96.1 Å². The predicted octanol–water partition coefficient (Wildman–Crippen LogP) is 4.70. The Labute approximate surface area is 216 Å². The number of benzene rings is 4. The molecule has 0 aliphatic carbocycles. The van der Waals surface area contributed by atoms with Crippen molar-refractivity contribution >= 4 is 41.5 Å². The first kappa shape index (κ1) is 26.3. The van der Waals surface area contributed by atoms with Crippen LogP contribution < -0.4 is 10.5 Å². The van der Waals surface area contributed by atoms with Gasteiger partial charge in [-0.05, 0) is 48.7 Å². The molecule has 0 radical (unpaired) electrons. The fourth-order valence-electron chi connectivity index (χ4n) is 3.70. The zero-order chi connectivity index (χ0) is 26.6. The van der Waals surface area contributed by atoms with E-state index in [2.05, 4.69) is 0 Å². The number of hydrogen-bond acceptors (Lipinski definition) is 8. The molecule has 0 unspecified atom stereocenters. The van der Waals surface area contributed by atoms with E-state index in [1.165, 1.54) is 30.3 Å². The Bertz CT molecular complexity index is 1660. The Morgan fingerprint density at radius 3 is 2.32 bits per heavy atom. The first-order chi connectivity index (χ1) is 17.6. The Hall–Kier alpha value is -3.73. The molecule has 4 rings (SSSR count). The van der Waals surface area contributed by atoms with E-state index in [9.17, 15) is 16.8 Å². The lowest BCUT2D eigenvalue weighted by atomic mass is 10.1. The van der Waals surface area contributed by atoms with Gasteiger partial charge in [-0.3, -0.25) is 9.59 Å². The minimum Gasteiger partial charge on any atom is -0.493 e. The van der Waals surface area contributed by atoms with Crippen LogP contribution in [0.15, 0.2) is 94.7 Å². The number of sulfone groups is 1. The van der Waals surface area contributed by atoms with E-state index in [4.69, 9.17) is 20.1 Å². The van der Waals surface area contributed by atoms with Gasteiger partial charge >= 0.3 is 0 Å². The lowest BCUT2D eigenvalue weighted by Gasteiger charge is -2.13. The summed E-state index contributed by atoms with van der Waals surface area (Å²) in [5.41, 5.74) is 7.09. The molecule has 0 aliphatic rings. The predicted molar refractivity (Wildman–Crippen MR) is 143 cm³/mol. The highest BCUT2D eigenvalue weighted by molar-refractivity contribution is 8.07. The highest BCUT2D eigenvalue weighted by Crippen LogP contribution is 2.29. The highest BCUT2D eigenvalue weighted by atomic mass is 32.2. The van der Waals surface area contributed by atoms with E-state index in [-0.39, 0.29) is 40.7 Å². The summed E-state index contributed by atoms with van der Waals surface area (Å²) < 4.78 is 61.9. The van der Waals surface area contributed by atoms with Gasteiger partial charge in [0, 0.05) is 23.1 Å². The van der Waals surface area contributed by atoms with Crippen LogP contribution >= 0.6 is 0 Å². The molecule has 10 heteroatoms. The average molecular weight is 539 g/mol. The number of hydrogen-bond donors (Lipinski definition) is 2. The summed E-state index contributed by atoms with van der Waals surface area (Å²) in [5.74, 6) is 0.295. The number of anilines is 1. The largest absolute Gasteiger partial charge is 0.493 e. The van der Waals surface area contributed by atoms with Crippen LogP contribution in [0.4, 0.5) is 5.69 Å². The Kier molecular flexibility index (Phi) is 7.63. The molecule has 4 aromatic carbocycles. The van der Waals surface area contributed by atoms with Gasteiger partial charge in [-0.15, -0.1) is 0 Å². The van der Waals surface area contributed by atoms with Gasteiger partial charge in [-0.2, -0.15) is 8.42 Å². The molecule has 3 N–H and O–H groups in total. The zero-order valence-corrected chi connectivity index (χ0v) is 21.7. The highest BCUT2D eigenvalue weighted by Gasteiger charge is 2.26. The van der Waals surface area contributed by atoms with E-state index in [1.54, 1.807) is 48.5 Å². The van der Waals surface area contributed by atoms with Gasteiger partial charge in [0.2, 0.25) is 9.84 Å². The fraction of sp³-hybridized carbons (Fsp3) is 0.148. The smallest absolute Gasteiger partial charge is 0.296 e. The van der Waals surface area contributed by atoms with Crippen molar-refractivity contribution in [2.75, 3.05) is 18.9 Å². The van der Waals surface area contributed by atoms with Gasteiger partial charge in [0.05, 0.1) is 23.0 Å². The van der Waals surface area contributed by atoms with E-state index in [1.807, 2.05) is 13.0 Å². The first-order valence-electron chi connectivity index (χ1n) is 11.4. The van der Waals surface area contributed by atoms with Crippen molar-refractivity contribution in [2.24, 2.45) is 0 Å². The fourth-order valence-corrected chi connectivity index (χ4v) is 6.06. The molecule has 0 aliphatic heterocycles. The van der Waals surface area contributed by atoms with Crippen molar-refractivity contribution in [3.8, 4) is 5.75 Å². The van der Waals surface area contributed by atoms with Crippen LogP contribution in [0.1, 0.15) is 17.5 Å². The third kappa shape index (κ3) is 5.82. The lowest BCUT2D eigenvalue weighted by Crippen LogP contribution is -2.17. The molecule has 0 amide bonds. The molecular weight excluding hydrogens is 512 g/mol. The third-order valence-electron chi connectivity index (χ3n) is 5.68. The molecule has 8 nitrogen and oxygen atoms in total. The number of rotatable bonds is 9. The summed E-state index contributed by atoms with van der Waals surface area (Å²) in [7, 11) is -8.04. The maximum Gasteiger partial charge on any atom is 0.296 e. The summed E-state index contributed by atoms with van der Waals surface area (Å²) in [6, 6.07) is 22.7. The maximum atomic E-state index is 13.3. The first-order valence-corrected chi connectivity index (χ1v) is 14.3. The molecule has 0 spiro atoms. The summed E-state index contributed by atoms with van der Waals surface area (Å²) in [5, 5.41) is 9.10. The monoisotopic (exact) mass is 538 g/mol. The second-order valence-corrected chi connectivity index (χ2v) is 11.8. The van der Waals surface area contributed by atoms with Crippen LogP contribution in [0.25, 0.3) is 10.8 Å². The summed E-state index contributed by atoms with van der Waals surface area (Å²) in [6.07, 6.45) is 0.260. The Morgan fingerprint density at radius 1 is 0.865 bits per heavy atom. The van der Waals surface area contributed by atoms with Gasteiger partial charge < -0.3 is 10.5 Å². The Morgan fingerprint density at radius 2 is 1.57 bits per heavy atom. The normalized spacial score (nSPS) is 11.9. The molecule has 0 heterocycles. The maximum absolute atomic E-state index is 13.3. The van der Waals surface area contributed by atoms with Crippen LogP contribution in [0.2, 0.25) is 0 Å². The molecule has 0 aromatic heterocycles. The molecule has 0 saturated heterocycles. The van der Waals surface area contributed by atoms with Crippen LogP contribution in [-0.2, 0) is 24.1 Å². The molecule has 37 heavy (non-hydrogen) atoms. The van der Waals surface area contributed by atoms with Crippen molar-refractivity contribution < 1.29 is 25.8 Å². The quantitative estimate of drug-likeness (QED) is 0.104. The van der Waals surface area contributed by atoms with Gasteiger partial charge in [0.25, 0.3) is 10.1 Å². The molecule has 0 atom stereocenters. The number of nitrogens with two attached hydrogens (primary N) is 1. The van der Waals surface area contributed by atoms with E-state index in [0.29, 0.717) is 11.1 Å². The average Bonchev–Trinajstić information content (AvgIpc) is 2.88. The number of fused-ring (bicyclic) bond motifs is 1. The number of aryl methyl sites for hydroxylation is 1. The summed E-state index contributed by atoms with van der Waals surface area (Å²) >= 11 is 0. The van der Waals surface area contributed by atoms with Crippen LogP contribution in [0.3, 0.4) is 0 Å². The number of nitrogen functional groups attached to an aromatic ring is 1. The van der Waals surface area contributed by atoms with Gasteiger partial charge in [0.1, 0.15) is 5.75 Å². The second kappa shape index (κ2) is 10.7. The van der Waals surface area contributed by atoms with Crippen LogP contribution in [-0.4, -0.2) is 35.1 Å².